The van der Waals surface area contributed by atoms with Crippen LogP contribution < -0.4 is 10.6 Å². The van der Waals surface area contributed by atoms with E-state index in [0.717, 1.165) is 16.6 Å². The Morgan fingerprint density at radius 3 is 2.16 bits per heavy atom. The summed E-state index contributed by atoms with van der Waals surface area (Å²) in [6.45, 7) is 0. The minimum atomic E-state index is -4.30. The molecule has 0 atom stereocenters. The summed E-state index contributed by atoms with van der Waals surface area (Å²) in [7, 11) is -4.30. The lowest BCUT2D eigenvalue weighted by molar-refractivity contribution is -0.112. The Bertz CT molecular complexity index is 946. The molecule has 0 unspecified atom stereocenters. The summed E-state index contributed by atoms with van der Waals surface area (Å²) in [4.78, 5) is 11.8. The number of nitrogens with zero attached hydrogens (tertiary/aromatic N) is 1. The second-order valence-electron chi connectivity index (χ2n) is 4.77. The van der Waals surface area contributed by atoms with Crippen molar-refractivity contribution >= 4 is 43.3 Å². The molecule has 0 heterocycles. The monoisotopic (exact) mass is 421 g/mol. The molecule has 0 saturated carbocycles. The van der Waals surface area contributed by atoms with Crippen LogP contribution in [0.25, 0.3) is 0 Å². The van der Waals surface area contributed by atoms with Crippen molar-refractivity contribution in [3.63, 3.8) is 0 Å². The predicted molar refractivity (Wildman–Crippen MR) is 96.3 cm³/mol. The van der Waals surface area contributed by atoms with Gasteiger partial charge in [0.25, 0.3) is 16.0 Å². The highest BCUT2D eigenvalue weighted by Gasteiger charge is 2.12. The first-order valence-electron chi connectivity index (χ1n) is 6.81. The number of halogens is 1. The summed E-state index contributed by atoms with van der Waals surface area (Å²) in [6, 6.07) is 13.8. The maximum absolute atomic E-state index is 12.1. The number of carbonyl (C=O) groups is 1. The van der Waals surface area contributed by atoms with Gasteiger partial charge in [-0.3, -0.25) is 9.35 Å². The quantitative estimate of drug-likeness (QED) is 0.387. The van der Waals surface area contributed by atoms with Gasteiger partial charge in [0.05, 0.1) is 4.90 Å². The van der Waals surface area contributed by atoms with Gasteiger partial charge in [0.15, 0.2) is 0 Å². The summed E-state index contributed by atoms with van der Waals surface area (Å²) in [6.07, 6.45) is 1.27. The fourth-order valence-corrected chi connectivity index (χ4v) is 2.50. The molecule has 0 radical (unpaired) electrons. The molecule has 0 bridgehead atoms. The third-order valence-electron chi connectivity index (χ3n) is 3.00. The average molecular weight is 422 g/mol. The zero-order valence-corrected chi connectivity index (χ0v) is 15.0. The largest absolute Gasteiger partial charge is 0.360 e. The van der Waals surface area contributed by atoms with Crippen molar-refractivity contribution in [2.75, 3.05) is 10.6 Å². The molecule has 0 fully saturated rings. The fourth-order valence-electron chi connectivity index (χ4n) is 1.76. The molecular weight excluding hydrogens is 410 g/mol. The van der Waals surface area contributed by atoms with Crippen molar-refractivity contribution in [2.45, 2.75) is 4.90 Å². The lowest BCUT2D eigenvalue weighted by atomic mass is 10.2. The van der Waals surface area contributed by atoms with Crippen LogP contribution in [-0.2, 0) is 14.9 Å². The number of hydrogen-bond acceptors (Lipinski definition) is 5. The molecule has 0 spiro atoms. The van der Waals surface area contributed by atoms with E-state index >= 15 is 0 Å². The molecule has 7 nitrogen and oxygen atoms in total. The molecule has 0 aliphatic carbocycles. The Morgan fingerprint density at radius 2 is 1.64 bits per heavy atom. The maximum atomic E-state index is 12.1. The second kappa shape index (κ2) is 7.94. The number of anilines is 2. The SMILES string of the molecule is N#C/C(=C/Nc1ccc(Br)cc1)C(=O)Nc1ccc(S(=O)(=O)O)cc1. The minimum Gasteiger partial charge on any atom is -0.360 e. The van der Waals surface area contributed by atoms with Gasteiger partial charge in [-0.25, -0.2) is 0 Å². The highest BCUT2D eigenvalue weighted by atomic mass is 79.9. The summed E-state index contributed by atoms with van der Waals surface area (Å²) in [5.41, 5.74) is 0.810. The van der Waals surface area contributed by atoms with Crippen LogP contribution in [0.3, 0.4) is 0 Å². The first-order chi connectivity index (χ1) is 11.8. The van der Waals surface area contributed by atoms with Gasteiger partial charge in [0.1, 0.15) is 11.6 Å². The standard InChI is InChI=1S/C16H12BrN3O4S/c17-12-1-3-13(4-2-12)19-10-11(9-18)16(21)20-14-5-7-15(8-6-14)25(22,23)24/h1-8,10,19H,(H,20,21)(H,22,23,24)/b11-10-. The number of amides is 1. The second-order valence-corrected chi connectivity index (χ2v) is 7.11. The van der Waals surface area contributed by atoms with E-state index in [4.69, 9.17) is 9.81 Å². The van der Waals surface area contributed by atoms with E-state index in [2.05, 4.69) is 26.6 Å². The Labute approximate surface area is 152 Å². The predicted octanol–water partition coefficient (Wildman–Crippen LogP) is 3.15. The number of hydrogen-bond donors (Lipinski definition) is 3. The molecule has 2 aromatic rings. The van der Waals surface area contributed by atoms with Crippen LogP contribution in [0.4, 0.5) is 11.4 Å². The number of carbonyl (C=O) groups excluding carboxylic acids is 1. The van der Waals surface area contributed by atoms with Crippen LogP contribution in [0.2, 0.25) is 0 Å². The van der Waals surface area contributed by atoms with Gasteiger partial charge in [-0.15, -0.1) is 0 Å². The molecule has 2 aromatic carbocycles. The topological polar surface area (TPSA) is 119 Å². The molecule has 0 aliphatic heterocycles. The van der Waals surface area contributed by atoms with Gasteiger partial charge in [0.2, 0.25) is 0 Å². The molecule has 128 valence electrons. The van der Waals surface area contributed by atoms with Crippen LogP contribution in [-0.4, -0.2) is 18.9 Å². The normalized spacial score (nSPS) is 11.5. The van der Waals surface area contributed by atoms with E-state index in [9.17, 15) is 13.2 Å². The van der Waals surface area contributed by atoms with Crippen LogP contribution in [0, 0.1) is 11.3 Å². The zero-order chi connectivity index (χ0) is 18.4. The summed E-state index contributed by atoms with van der Waals surface area (Å²) < 4.78 is 31.7. The third kappa shape index (κ3) is 5.42. The molecule has 1 amide bonds. The van der Waals surface area contributed by atoms with E-state index in [0.29, 0.717) is 5.69 Å². The van der Waals surface area contributed by atoms with Crippen molar-refractivity contribution < 1.29 is 17.8 Å². The van der Waals surface area contributed by atoms with Crippen LogP contribution in [0.15, 0.2) is 69.7 Å². The Balaban J connectivity index is 2.08. The Hall–Kier alpha value is -2.67. The minimum absolute atomic E-state index is 0.165. The van der Waals surface area contributed by atoms with Gasteiger partial charge in [0, 0.05) is 22.0 Å². The summed E-state index contributed by atoms with van der Waals surface area (Å²) in [5.74, 6) is -0.660. The van der Waals surface area contributed by atoms with Crippen molar-refractivity contribution in [3.05, 3.63) is 64.8 Å². The number of nitrogens with one attached hydrogen (secondary N) is 2. The average Bonchev–Trinajstić information content (AvgIpc) is 2.56. The number of rotatable bonds is 5. The lowest BCUT2D eigenvalue weighted by Gasteiger charge is -2.06. The van der Waals surface area contributed by atoms with Crippen molar-refractivity contribution in [1.82, 2.24) is 0 Å². The van der Waals surface area contributed by atoms with Crippen molar-refractivity contribution in [3.8, 4) is 6.07 Å². The van der Waals surface area contributed by atoms with E-state index < -0.39 is 16.0 Å². The third-order valence-corrected chi connectivity index (χ3v) is 4.40. The molecule has 0 saturated heterocycles. The zero-order valence-electron chi connectivity index (χ0n) is 12.6. The summed E-state index contributed by atoms with van der Waals surface area (Å²) in [5, 5.41) is 14.4. The fraction of sp³-hybridized carbons (Fsp3) is 0. The molecular formula is C16H12BrN3O4S. The van der Waals surface area contributed by atoms with Gasteiger partial charge in [-0.2, -0.15) is 13.7 Å². The first kappa shape index (κ1) is 18.7. The van der Waals surface area contributed by atoms with Crippen LogP contribution in [0.1, 0.15) is 0 Å². The van der Waals surface area contributed by atoms with Crippen LogP contribution >= 0.6 is 15.9 Å². The summed E-state index contributed by atoms with van der Waals surface area (Å²) >= 11 is 3.30. The molecule has 0 aromatic heterocycles. The number of benzene rings is 2. The van der Waals surface area contributed by atoms with Crippen molar-refractivity contribution in [1.29, 1.82) is 5.26 Å². The highest BCUT2D eigenvalue weighted by Crippen LogP contribution is 2.16. The van der Waals surface area contributed by atoms with Crippen LogP contribution in [0.5, 0.6) is 0 Å². The van der Waals surface area contributed by atoms with Gasteiger partial charge in [-0.05, 0) is 48.5 Å². The van der Waals surface area contributed by atoms with Gasteiger partial charge >= 0.3 is 0 Å². The van der Waals surface area contributed by atoms with E-state index in [-0.39, 0.29) is 16.2 Å². The smallest absolute Gasteiger partial charge is 0.294 e. The Morgan fingerprint density at radius 1 is 1.08 bits per heavy atom. The Kier molecular flexibility index (Phi) is 5.93. The van der Waals surface area contributed by atoms with E-state index in [1.54, 1.807) is 30.3 Å². The van der Waals surface area contributed by atoms with Crippen molar-refractivity contribution in [2.24, 2.45) is 0 Å². The molecule has 2 rings (SSSR count). The molecule has 25 heavy (non-hydrogen) atoms. The lowest BCUT2D eigenvalue weighted by Crippen LogP contribution is -2.14. The molecule has 0 aliphatic rings. The maximum Gasteiger partial charge on any atom is 0.294 e. The first-order valence-corrected chi connectivity index (χ1v) is 9.04. The van der Waals surface area contributed by atoms with E-state index in [1.807, 2.05) is 0 Å². The van der Waals surface area contributed by atoms with Gasteiger partial charge < -0.3 is 10.6 Å². The molecule has 9 heteroatoms. The van der Waals surface area contributed by atoms with Gasteiger partial charge in [-0.1, -0.05) is 15.9 Å². The molecule has 3 N–H and O–H groups in total. The highest BCUT2D eigenvalue weighted by molar-refractivity contribution is 9.10. The van der Waals surface area contributed by atoms with E-state index in [1.165, 1.54) is 18.3 Å². The number of nitriles is 1.